The van der Waals surface area contributed by atoms with Gasteiger partial charge >= 0.3 is 0 Å². The van der Waals surface area contributed by atoms with Gasteiger partial charge in [-0.1, -0.05) is 13.8 Å². The van der Waals surface area contributed by atoms with Crippen LogP contribution in [0.4, 0.5) is 0 Å². The first kappa shape index (κ1) is 9.13. The Bertz CT molecular complexity index is 116. The minimum Gasteiger partial charge on any atom is -0.302 e. The summed E-state index contributed by atoms with van der Waals surface area (Å²) in [5.41, 5.74) is 0.525. The van der Waals surface area contributed by atoms with Crippen LogP contribution in [-0.4, -0.2) is 6.10 Å². The van der Waals surface area contributed by atoms with Crippen LogP contribution >= 0.6 is 30.4 Å². The van der Waals surface area contributed by atoms with Gasteiger partial charge < -0.3 is 4.18 Å². The number of hydrogen-bond acceptors (Lipinski definition) is 2. The normalized spacial score (nSPS) is 30.9. The lowest BCUT2D eigenvalue weighted by Gasteiger charge is -2.15. The Morgan fingerprint density at radius 2 is 2.30 bits per heavy atom. The molecule has 1 aliphatic rings. The molecule has 0 amide bonds. The maximum Gasteiger partial charge on any atom is 0.0737 e. The minimum atomic E-state index is 0.511. The number of halogens is 1. The summed E-state index contributed by atoms with van der Waals surface area (Å²) in [6.45, 7) is 4.63. The molecule has 0 heterocycles. The van der Waals surface area contributed by atoms with Gasteiger partial charge in [0, 0.05) is 21.2 Å². The average molecular weight is 272 g/mol. The van der Waals surface area contributed by atoms with Crippen LogP contribution in [0.2, 0.25) is 0 Å². The van der Waals surface area contributed by atoms with E-state index in [0.717, 1.165) is 0 Å². The van der Waals surface area contributed by atoms with E-state index in [-0.39, 0.29) is 0 Å². The summed E-state index contributed by atoms with van der Waals surface area (Å²) >= 11 is 2.18. The minimum absolute atomic E-state index is 0.511. The van der Waals surface area contributed by atoms with Crippen LogP contribution in [0.25, 0.3) is 0 Å². The monoisotopic (exact) mass is 272 g/mol. The summed E-state index contributed by atoms with van der Waals surface area (Å²) in [6.07, 6.45) is 4.29. The van der Waals surface area contributed by atoms with Crippen LogP contribution in [0.3, 0.4) is 0 Å². The predicted molar refractivity (Wildman–Crippen MR) is 54.1 cm³/mol. The van der Waals surface area contributed by atoms with Gasteiger partial charge in [-0.25, -0.2) is 0 Å². The molecular formula is C7H13IOS. The standard InChI is InChI=1S/C7H13IOS/c1-7(2)4-3-6(5-7)9-10-8/h6H,3-5H2,1-2H3. The van der Waals surface area contributed by atoms with Crippen LogP contribution in [0, 0.1) is 5.41 Å². The van der Waals surface area contributed by atoms with Crippen LogP contribution < -0.4 is 0 Å². The van der Waals surface area contributed by atoms with Crippen molar-refractivity contribution in [1.29, 1.82) is 0 Å². The van der Waals surface area contributed by atoms with Crippen LogP contribution in [0.15, 0.2) is 0 Å². The number of rotatable bonds is 2. The molecule has 1 rings (SSSR count). The van der Waals surface area contributed by atoms with Crippen molar-refractivity contribution in [3.8, 4) is 0 Å². The van der Waals surface area contributed by atoms with E-state index in [1.54, 1.807) is 0 Å². The number of hydrogen-bond donors (Lipinski definition) is 0. The molecule has 0 aromatic rings. The van der Waals surface area contributed by atoms with E-state index in [9.17, 15) is 0 Å². The van der Waals surface area contributed by atoms with Crippen LogP contribution in [-0.2, 0) is 4.18 Å². The molecule has 3 heteroatoms. The molecule has 1 fully saturated rings. The largest absolute Gasteiger partial charge is 0.302 e. The van der Waals surface area contributed by atoms with Crippen molar-refractivity contribution in [2.24, 2.45) is 5.41 Å². The van der Waals surface area contributed by atoms with E-state index in [1.807, 2.05) is 0 Å². The molecule has 0 spiro atoms. The Kier molecular flexibility index (Phi) is 3.31. The Morgan fingerprint density at radius 3 is 2.70 bits per heavy atom. The molecule has 1 saturated carbocycles. The van der Waals surface area contributed by atoms with Gasteiger partial charge in [0.15, 0.2) is 0 Å². The Labute approximate surface area is 79.1 Å². The highest BCUT2D eigenvalue weighted by molar-refractivity contribution is 14.2. The van der Waals surface area contributed by atoms with Crippen molar-refractivity contribution in [1.82, 2.24) is 0 Å². The van der Waals surface area contributed by atoms with E-state index in [4.69, 9.17) is 4.18 Å². The zero-order valence-corrected chi connectivity index (χ0v) is 9.37. The first-order valence-corrected chi connectivity index (χ1v) is 6.86. The fraction of sp³-hybridized carbons (Fsp3) is 1.00. The lowest BCUT2D eigenvalue weighted by Crippen LogP contribution is -2.08. The fourth-order valence-electron chi connectivity index (χ4n) is 1.51. The average Bonchev–Trinajstić information content (AvgIpc) is 2.12. The van der Waals surface area contributed by atoms with E-state index in [2.05, 4.69) is 35.1 Å². The van der Waals surface area contributed by atoms with Gasteiger partial charge in [0.05, 0.1) is 15.3 Å². The molecule has 0 aliphatic heterocycles. The lowest BCUT2D eigenvalue weighted by atomic mass is 9.92. The first-order chi connectivity index (χ1) is 4.64. The van der Waals surface area contributed by atoms with Crippen molar-refractivity contribution >= 4 is 30.4 Å². The Hall–Kier alpha value is 1.04. The molecular weight excluding hydrogens is 259 g/mol. The zero-order chi connectivity index (χ0) is 7.61. The van der Waals surface area contributed by atoms with Gasteiger partial charge in [0.1, 0.15) is 0 Å². The molecule has 0 aromatic carbocycles. The predicted octanol–water partition coefficient (Wildman–Crippen LogP) is 3.58. The van der Waals surface area contributed by atoms with Crippen LogP contribution in [0.5, 0.6) is 0 Å². The molecule has 60 valence electrons. The molecule has 0 N–H and O–H groups in total. The maximum absolute atomic E-state index is 5.44. The first-order valence-electron chi connectivity index (χ1n) is 3.58. The van der Waals surface area contributed by atoms with E-state index >= 15 is 0 Å². The highest BCUT2D eigenvalue weighted by Gasteiger charge is 2.31. The highest BCUT2D eigenvalue weighted by Crippen LogP contribution is 2.40. The molecule has 10 heavy (non-hydrogen) atoms. The fourth-order valence-corrected chi connectivity index (χ4v) is 2.65. The summed E-state index contributed by atoms with van der Waals surface area (Å²) in [5.74, 6) is 0. The van der Waals surface area contributed by atoms with Gasteiger partial charge in [0.25, 0.3) is 0 Å². The van der Waals surface area contributed by atoms with Gasteiger partial charge in [0.2, 0.25) is 0 Å². The van der Waals surface area contributed by atoms with E-state index < -0.39 is 0 Å². The van der Waals surface area contributed by atoms with Gasteiger partial charge in [-0.3, -0.25) is 0 Å². The Morgan fingerprint density at radius 1 is 1.60 bits per heavy atom. The molecule has 1 unspecified atom stereocenters. The summed E-state index contributed by atoms with van der Waals surface area (Å²) in [7, 11) is 1.47. The molecule has 0 bridgehead atoms. The highest BCUT2D eigenvalue weighted by atomic mass is 127. The van der Waals surface area contributed by atoms with Crippen molar-refractivity contribution in [2.45, 2.75) is 39.2 Å². The molecule has 0 saturated heterocycles. The molecule has 1 aliphatic carbocycles. The third-order valence-corrected chi connectivity index (χ3v) is 3.06. The second-order valence-electron chi connectivity index (χ2n) is 3.69. The van der Waals surface area contributed by atoms with Crippen molar-refractivity contribution < 1.29 is 4.18 Å². The lowest BCUT2D eigenvalue weighted by molar-refractivity contribution is 0.232. The second-order valence-corrected chi connectivity index (χ2v) is 5.09. The third kappa shape index (κ3) is 2.58. The smallest absolute Gasteiger partial charge is 0.0737 e. The third-order valence-electron chi connectivity index (χ3n) is 2.10. The van der Waals surface area contributed by atoms with Crippen molar-refractivity contribution in [3.63, 3.8) is 0 Å². The molecule has 1 nitrogen and oxygen atoms in total. The van der Waals surface area contributed by atoms with E-state index in [1.165, 1.54) is 28.5 Å². The molecule has 0 aromatic heterocycles. The summed E-state index contributed by atoms with van der Waals surface area (Å²) in [6, 6.07) is 0. The summed E-state index contributed by atoms with van der Waals surface area (Å²) in [4.78, 5) is 0. The summed E-state index contributed by atoms with van der Waals surface area (Å²) < 4.78 is 5.44. The van der Waals surface area contributed by atoms with Gasteiger partial charge in [-0.15, -0.1) is 0 Å². The van der Waals surface area contributed by atoms with Crippen molar-refractivity contribution in [2.75, 3.05) is 0 Å². The van der Waals surface area contributed by atoms with Gasteiger partial charge in [-0.05, 0) is 24.7 Å². The van der Waals surface area contributed by atoms with Gasteiger partial charge in [-0.2, -0.15) is 0 Å². The zero-order valence-electron chi connectivity index (χ0n) is 6.39. The van der Waals surface area contributed by atoms with Crippen LogP contribution in [0.1, 0.15) is 33.1 Å². The maximum atomic E-state index is 5.44. The van der Waals surface area contributed by atoms with E-state index in [0.29, 0.717) is 11.5 Å². The van der Waals surface area contributed by atoms with Crippen molar-refractivity contribution in [3.05, 3.63) is 0 Å². The summed E-state index contributed by atoms with van der Waals surface area (Å²) in [5, 5.41) is 0. The SMILES string of the molecule is CC1(C)CCC(OSI)C1. The topological polar surface area (TPSA) is 9.23 Å². The second kappa shape index (κ2) is 3.63. The molecule has 1 atom stereocenters. The molecule has 0 radical (unpaired) electrons. The quantitative estimate of drug-likeness (QED) is 0.561. The Balaban J connectivity index is 2.29.